The molecule has 0 radical (unpaired) electrons. The Morgan fingerprint density at radius 3 is 2.74 bits per heavy atom. The molecule has 1 fully saturated rings. The molecular formula is C14H25BrN4. The third-order valence-corrected chi connectivity index (χ3v) is 4.87. The summed E-state index contributed by atoms with van der Waals surface area (Å²) in [6, 6.07) is 0.555. The summed E-state index contributed by atoms with van der Waals surface area (Å²) in [5, 5.41) is 8.18. The molecule has 1 aliphatic rings. The first kappa shape index (κ1) is 15.0. The fraction of sp³-hybridized carbons (Fsp3) is 0.786. The van der Waals surface area contributed by atoms with Crippen molar-refractivity contribution >= 4 is 15.9 Å². The molecule has 0 aliphatic carbocycles. The zero-order valence-electron chi connectivity index (χ0n) is 12.6. The normalized spacial score (nSPS) is 23.8. The number of hydrogen-bond acceptors (Lipinski definition) is 3. The second kappa shape index (κ2) is 5.54. The number of halogens is 1. The second-order valence-electron chi connectivity index (χ2n) is 6.20. The molecule has 1 unspecified atom stereocenters. The van der Waals surface area contributed by atoms with E-state index < -0.39 is 0 Å². The summed E-state index contributed by atoms with van der Waals surface area (Å²) in [7, 11) is 2.04. The molecule has 1 aromatic rings. The number of nitrogens with zero attached hydrogens (tertiary/aromatic N) is 3. The van der Waals surface area contributed by atoms with Gasteiger partial charge >= 0.3 is 0 Å². The number of rotatable bonds is 3. The van der Waals surface area contributed by atoms with Crippen LogP contribution in [0, 0.1) is 0 Å². The van der Waals surface area contributed by atoms with E-state index in [1.165, 1.54) is 10.2 Å². The van der Waals surface area contributed by atoms with Gasteiger partial charge in [-0.3, -0.25) is 9.58 Å². The minimum Gasteiger partial charge on any atom is -0.309 e. The van der Waals surface area contributed by atoms with E-state index in [-0.39, 0.29) is 5.54 Å². The first-order chi connectivity index (χ1) is 8.84. The van der Waals surface area contributed by atoms with E-state index in [4.69, 9.17) is 0 Å². The standard InChI is InChI=1S/C14H25BrN4/c1-6-11-13(15)12(18(5)17-11)8-19-9-14(3,4)16-7-10(19)2/h10,16H,6-9H2,1-5H3. The van der Waals surface area contributed by atoms with Crippen molar-refractivity contribution < 1.29 is 0 Å². The Kier molecular flexibility index (Phi) is 4.38. The van der Waals surface area contributed by atoms with Crippen LogP contribution in [0.4, 0.5) is 0 Å². The summed E-state index contributed by atoms with van der Waals surface area (Å²) >= 11 is 3.71. The van der Waals surface area contributed by atoms with Crippen LogP contribution in [0.1, 0.15) is 39.1 Å². The second-order valence-corrected chi connectivity index (χ2v) is 7.00. The smallest absolute Gasteiger partial charge is 0.0767 e. The van der Waals surface area contributed by atoms with Crippen molar-refractivity contribution in [2.75, 3.05) is 13.1 Å². The van der Waals surface area contributed by atoms with Crippen LogP contribution in [0.2, 0.25) is 0 Å². The van der Waals surface area contributed by atoms with Crippen molar-refractivity contribution in [1.29, 1.82) is 0 Å². The average molecular weight is 329 g/mol. The minimum absolute atomic E-state index is 0.186. The first-order valence-corrected chi connectivity index (χ1v) is 7.82. The molecule has 2 rings (SSSR count). The highest BCUT2D eigenvalue weighted by atomic mass is 79.9. The first-order valence-electron chi connectivity index (χ1n) is 7.03. The van der Waals surface area contributed by atoms with Crippen molar-refractivity contribution in [2.24, 2.45) is 7.05 Å². The Bertz CT molecular complexity index is 453. The van der Waals surface area contributed by atoms with E-state index >= 15 is 0 Å². The lowest BCUT2D eigenvalue weighted by Gasteiger charge is -2.43. The van der Waals surface area contributed by atoms with Crippen LogP contribution in [-0.2, 0) is 20.0 Å². The van der Waals surface area contributed by atoms with Gasteiger partial charge in [-0.2, -0.15) is 5.10 Å². The Balaban J connectivity index is 2.18. The summed E-state index contributed by atoms with van der Waals surface area (Å²) in [5.74, 6) is 0. The van der Waals surface area contributed by atoms with Gasteiger partial charge in [0.1, 0.15) is 0 Å². The van der Waals surface area contributed by atoms with E-state index in [1.54, 1.807) is 0 Å². The summed E-state index contributed by atoms with van der Waals surface area (Å²) < 4.78 is 3.20. The summed E-state index contributed by atoms with van der Waals surface area (Å²) in [6.07, 6.45) is 0.969. The fourth-order valence-corrected chi connectivity index (χ4v) is 3.41. The number of piperazine rings is 1. The van der Waals surface area contributed by atoms with Crippen molar-refractivity contribution in [3.63, 3.8) is 0 Å². The molecule has 1 aromatic heterocycles. The van der Waals surface area contributed by atoms with Crippen LogP contribution in [0.25, 0.3) is 0 Å². The third-order valence-electron chi connectivity index (χ3n) is 3.95. The predicted molar refractivity (Wildman–Crippen MR) is 82.2 cm³/mol. The number of aryl methyl sites for hydroxylation is 2. The zero-order valence-corrected chi connectivity index (χ0v) is 14.2. The van der Waals surface area contributed by atoms with Gasteiger partial charge < -0.3 is 5.32 Å². The molecule has 1 saturated heterocycles. The van der Waals surface area contributed by atoms with Gasteiger partial charge in [0.05, 0.1) is 15.9 Å². The van der Waals surface area contributed by atoms with Gasteiger partial charge in [0.15, 0.2) is 0 Å². The van der Waals surface area contributed by atoms with Crippen LogP contribution >= 0.6 is 15.9 Å². The molecule has 0 saturated carbocycles. The fourth-order valence-electron chi connectivity index (χ4n) is 2.67. The molecule has 2 heterocycles. The van der Waals surface area contributed by atoms with Crippen LogP contribution < -0.4 is 5.32 Å². The Morgan fingerprint density at radius 1 is 1.47 bits per heavy atom. The van der Waals surface area contributed by atoms with E-state index in [2.05, 4.69) is 58.9 Å². The highest BCUT2D eigenvalue weighted by Crippen LogP contribution is 2.25. The van der Waals surface area contributed by atoms with Crippen LogP contribution in [0.3, 0.4) is 0 Å². The maximum absolute atomic E-state index is 4.58. The minimum atomic E-state index is 0.186. The molecular weight excluding hydrogens is 304 g/mol. The average Bonchev–Trinajstić information content (AvgIpc) is 2.61. The summed E-state index contributed by atoms with van der Waals surface area (Å²) in [6.45, 7) is 12.0. The monoisotopic (exact) mass is 328 g/mol. The topological polar surface area (TPSA) is 33.1 Å². The Morgan fingerprint density at radius 2 is 2.16 bits per heavy atom. The SMILES string of the molecule is CCc1nn(C)c(CN2CC(C)(C)NCC2C)c1Br. The van der Waals surface area contributed by atoms with E-state index in [1.807, 2.05) is 11.7 Å². The Labute approximate surface area is 124 Å². The molecule has 0 amide bonds. The number of nitrogens with one attached hydrogen (secondary N) is 1. The highest BCUT2D eigenvalue weighted by molar-refractivity contribution is 9.10. The largest absolute Gasteiger partial charge is 0.309 e. The molecule has 0 bridgehead atoms. The lowest BCUT2D eigenvalue weighted by atomic mass is 9.99. The van der Waals surface area contributed by atoms with Gasteiger partial charge in [-0.15, -0.1) is 0 Å². The van der Waals surface area contributed by atoms with Gasteiger partial charge in [0.2, 0.25) is 0 Å². The number of hydrogen-bond donors (Lipinski definition) is 1. The Hall–Kier alpha value is -0.390. The summed E-state index contributed by atoms with van der Waals surface area (Å²) in [5.41, 5.74) is 2.62. The van der Waals surface area contributed by atoms with E-state index in [0.29, 0.717) is 6.04 Å². The van der Waals surface area contributed by atoms with E-state index in [0.717, 1.165) is 31.7 Å². The van der Waals surface area contributed by atoms with E-state index in [9.17, 15) is 0 Å². The van der Waals surface area contributed by atoms with Crippen molar-refractivity contribution in [1.82, 2.24) is 20.0 Å². The maximum Gasteiger partial charge on any atom is 0.0767 e. The van der Waals surface area contributed by atoms with Crippen LogP contribution in [-0.4, -0.2) is 39.4 Å². The molecule has 108 valence electrons. The van der Waals surface area contributed by atoms with Gasteiger partial charge in [-0.05, 0) is 43.1 Å². The van der Waals surface area contributed by atoms with Gasteiger partial charge in [0.25, 0.3) is 0 Å². The van der Waals surface area contributed by atoms with Crippen molar-refractivity contribution in [3.05, 3.63) is 15.9 Å². The van der Waals surface area contributed by atoms with Gasteiger partial charge in [0, 0.05) is 38.3 Å². The number of aromatic nitrogens is 2. The molecule has 0 aromatic carbocycles. The lowest BCUT2D eigenvalue weighted by Crippen LogP contribution is -2.60. The van der Waals surface area contributed by atoms with Crippen molar-refractivity contribution in [3.8, 4) is 0 Å². The molecule has 5 heteroatoms. The zero-order chi connectivity index (χ0) is 14.2. The lowest BCUT2D eigenvalue weighted by molar-refractivity contribution is 0.0951. The van der Waals surface area contributed by atoms with Crippen LogP contribution in [0.5, 0.6) is 0 Å². The van der Waals surface area contributed by atoms with Gasteiger partial charge in [-0.25, -0.2) is 0 Å². The van der Waals surface area contributed by atoms with Crippen LogP contribution in [0.15, 0.2) is 4.47 Å². The molecule has 1 atom stereocenters. The predicted octanol–water partition coefficient (Wildman–Crippen LogP) is 2.32. The third kappa shape index (κ3) is 3.20. The quantitative estimate of drug-likeness (QED) is 0.924. The molecule has 4 nitrogen and oxygen atoms in total. The molecule has 1 N–H and O–H groups in total. The molecule has 0 spiro atoms. The van der Waals surface area contributed by atoms with Crippen molar-refractivity contribution in [2.45, 2.75) is 52.2 Å². The maximum atomic E-state index is 4.58. The summed E-state index contributed by atoms with van der Waals surface area (Å²) in [4.78, 5) is 2.54. The molecule has 19 heavy (non-hydrogen) atoms. The highest BCUT2D eigenvalue weighted by Gasteiger charge is 2.31. The molecule has 1 aliphatic heterocycles. The van der Waals surface area contributed by atoms with Gasteiger partial charge in [-0.1, -0.05) is 6.92 Å².